The van der Waals surface area contributed by atoms with E-state index < -0.39 is 6.10 Å². The summed E-state index contributed by atoms with van der Waals surface area (Å²) in [5.74, 6) is -0.935. The lowest BCUT2D eigenvalue weighted by Gasteiger charge is -2.18. The molecule has 0 rings (SSSR count). The highest BCUT2D eigenvalue weighted by molar-refractivity contribution is 5.71. The summed E-state index contributed by atoms with van der Waals surface area (Å²) in [5.41, 5.74) is 0. The molecular formula is C65H110O6. The number of carbonyl (C=O) groups is 3. The first-order chi connectivity index (χ1) is 35.0. The third kappa shape index (κ3) is 57.1. The summed E-state index contributed by atoms with van der Waals surface area (Å²) in [7, 11) is 0. The molecule has 1 unspecified atom stereocenters. The van der Waals surface area contributed by atoms with Gasteiger partial charge in [-0.3, -0.25) is 14.4 Å². The molecule has 0 spiro atoms. The highest BCUT2D eigenvalue weighted by atomic mass is 16.6. The lowest BCUT2D eigenvalue weighted by Crippen LogP contribution is -2.30. The second-order valence-corrected chi connectivity index (χ2v) is 19.7. The van der Waals surface area contributed by atoms with Gasteiger partial charge in [-0.15, -0.1) is 0 Å². The zero-order valence-electron chi connectivity index (χ0n) is 46.5. The van der Waals surface area contributed by atoms with Crippen molar-refractivity contribution in [1.29, 1.82) is 0 Å². The lowest BCUT2D eigenvalue weighted by molar-refractivity contribution is -0.167. The van der Waals surface area contributed by atoms with Crippen LogP contribution < -0.4 is 0 Å². The fraction of sp³-hybridized carbons (Fsp3) is 0.708. The van der Waals surface area contributed by atoms with E-state index in [0.717, 1.165) is 70.6 Å². The van der Waals surface area contributed by atoms with Crippen LogP contribution in [0.3, 0.4) is 0 Å². The predicted octanol–water partition coefficient (Wildman–Crippen LogP) is 20.1. The Morgan fingerprint density at radius 2 is 0.563 bits per heavy atom. The van der Waals surface area contributed by atoms with Gasteiger partial charge in [-0.05, 0) is 64.2 Å². The molecule has 0 aromatic rings. The normalized spacial score (nSPS) is 12.8. The van der Waals surface area contributed by atoms with Crippen molar-refractivity contribution in [3.8, 4) is 0 Å². The lowest BCUT2D eigenvalue weighted by atomic mass is 10.0. The maximum Gasteiger partial charge on any atom is 0.306 e. The minimum Gasteiger partial charge on any atom is -0.462 e. The second-order valence-electron chi connectivity index (χ2n) is 19.7. The molecule has 0 saturated carbocycles. The van der Waals surface area contributed by atoms with Crippen molar-refractivity contribution in [1.82, 2.24) is 0 Å². The zero-order valence-corrected chi connectivity index (χ0v) is 46.5. The van der Waals surface area contributed by atoms with E-state index in [2.05, 4.69) is 45.1 Å². The Labute approximate surface area is 438 Å². The van der Waals surface area contributed by atoms with E-state index in [9.17, 15) is 14.4 Å². The predicted molar refractivity (Wildman–Crippen MR) is 307 cm³/mol. The number of carbonyl (C=O) groups excluding carboxylic acids is 3. The summed E-state index contributed by atoms with van der Waals surface area (Å²) in [6.07, 6.45) is 78.2. The van der Waals surface area contributed by atoms with Crippen molar-refractivity contribution in [3.63, 3.8) is 0 Å². The molecule has 0 N–H and O–H groups in total. The van der Waals surface area contributed by atoms with E-state index >= 15 is 0 Å². The van der Waals surface area contributed by atoms with E-state index in [1.165, 1.54) is 167 Å². The Morgan fingerprint density at radius 1 is 0.296 bits per heavy atom. The van der Waals surface area contributed by atoms with Gasteiger partial charge in [0, 0.05) is 19.3 Å². The molecule has 6 heteroatoms. The highest BCUT2D eigenvalue weighted by Crippen LogP contribution is 2.16. The first-order valence-electron chi connectivity index (χ1n) is 29.8. The summed E-state index contributed by atoms with van der Waals surface area (Å²) < 4.78 is 16.9. The summed E-state index contributed by atoms with van der Waals surface area (Å²) in [6.45, 7) is 6.46. The number of allylic oxidation sites excluding steroid dienone is 16. The Hall–Kier alpha value is -3.67. The Bertz CT molecular complexity index is 1410. The molecule has 0 aliphatic carbocycles. The topological polar surface area (TPSA) is 78.9 Å². The third-order valence-electron chi connectivity index (χ3n) is 12.8. The van der Waals surface area contributed by atoms with Crippen molar-refractivity contribution < 1.29 is 28.6 Å². The van der Waals surface area contributed by atoms with Gasteiger partial charge in [0.1, 0.15) is 13.2 Å². The molecule has 406 valence electrons. The molecule has 0 bridgehead atoms. The number of rotatable bonds is 53. The third-order valence-corrected chi connectivity index (χ3v) is 12.8. The molecule has 0 aliphatic rings. The Kier molecular flexibility index (Phi) is 55.9. The minimum atomic E-state index is -0.798. The molecule has 1 atom stereocenters. The quantitative estimate of drug-likeness (QED) is 0.0199. The summed E-state index contributed by atoms with van der Waals surface area (Å²) in [4.78, 5) is 38.2. The van der Waals surface area contributed by atoms with E-state index in [0.29, 0.717) is 19.3 Å². The minimum absolute atomic E-state index is 0.0932. The molecule has 71 heavy (non-hydrogen) atoms. The Morgan fingerprint density at radius 3 is 0.930 bits per heavy atom. The van der Waals surface area contributed by atoms with Gasteiger partial charge in [0.15, 0.2) is 6.10 Å². The molecule has 0 aliphatic heterocycles. The van der Waals surface area contributed by atoms with Crippen LogP contribution in [0, 0.1) is 0 Å². The van der Waals surface area contributed by atoms with Gasteiger partial charge < -0.3 is 14.2 Å². The smallest absolute Gasteiger partial charge is 0.306 e. The van der Waals surface area contributed by atoms with Gasteiger partial charge >= 0.3 is 17.9 Å². The standard InChI is InChI=1S/C65H110O6/c1-4-7-10-13-16-19-22-25-28-30-32-34-37-40-43-46-49-52-55-58-64(67)70-61-62(60-69-63(66)57-54-51-48-45-42-39-36-27-24-21-18-15-12-9-6-3)71-65(68)59-56-53-50-47-44-41-38-35-33-31-29-26-23-20-17-14-11-8-5-2/h7,10,13,16,19,21-22,24-25,28,30,32,34,37,40,43,62H,4-6,8-9,11-12,14-15,17-18,20,23,26-27,29,31,33,35-36,38-39,41-42,44-61H2,1-3H3/b10-7-,16-13-,22-19-,24-21-,28-25-,32-30+,37-34-,43-40-. The van der Waals surface area contributed by atoms with Gasteiger partial charge in [0.2, 0.25) is 0 Å². The van der Waals surface area contributed by atoms with Gasteiger partial charge in [-0.2, -0.15) is 0 Å². The number of hydrogen-bond donors (Lipinski definition) is 0. The van der Waals surface area contributed by atoms with Gasteiger partial charge in [0.05, 0.1) is 0 Å². The van der Waals surface area contributed by atoms with Crippen LogP contribution in [-0.2, 0) is 28.6 Å². The van der Waals surface area contributed by atoms with Crippen LogP contribution in [0.2, 0.25) is 0 Å². The SMILES string of the molecule is CC\C=C/C=C\C=C/C=C\C=C\C=C/C=C\CCCCCC(=O)OCC(COC(=O)CCCCCCCCC/C=C\CCCCCC)OC(=O)CCCCCCCCCCCCCCCCCCCCC. The van der Waals surface area contributed by atoms with Crippen LogP contribution in [0.15, 0.2) is 97.2 Å². The van der Waals surface area contributed by atoms with Crippen molar-refractivity contribution >= 4 is 17.9 Å². The van der Waals surface area contributed by atoms with Crippen LogP contribution in [0.1, 0.15) is 278 Å². The number of ether oxygens (including phenoxy) is 3. The van der Waals surface area contributed by atoms with Crippen LogP contribution >= 0.6 is 0 Å². The zero-order chi connectivity index (χ0) is 51.4. The van der Waals surface area contributed by atoms with Crippen LogP contribution in [0.5, 0.6) is 0 Å². The molecule has 6 nitrogen and oxygen atoms in total. The molecule has 0 amide bonds. The van der Waals surface area contributed by atoms with Gasteiger partial charge in [-0.1, -0.05) is 291 Å². The molecule has 0 saturated heterocycles. The van der Waals surface area contributed by atoms with Crippen molar-refractivity contribution in [3.05, 3.63) is 97.2 Å². The summed E-state index contributed by atoms with van der Waals surface area (Å²) in [6, 6.07) is 0. The molecule has 0 aromatic carbocycles. The molecule has 0 radical (unpaired) electrons. The maximum atomic E-state index is 12.9. The Balaban J connectivity index is 4.47. The van der Waals surface area contributed by atoms with Crippen molar-refractivity contribution in [2.75, 3.05) is 13.2 Å². The fourth-order valence-corrected chi connectivity index (χ4v) is 8.30. The number of unbranched alkanes of at least 4 members (excludes halogenated alkanes) is 32. The first kappa shape index (κ1) is 67.3. The van der Waals surface area contributed by atoms with Crippen molar-refractivity contribution in [2.45, 2.75) is 284 Å². The molecule has 0 fully saturated rings. The summed E-state index contributed by atoms with van der Waals surface area (Å²) >= 11 is 0. The highest BCUT2D eigenvalue weighted by Gasteiger charge is 2.19. The number of esters is 3. The fourth-order valence-electron chi connectivity index (χ4n) is 8.30. The van der Waals surface area contributed by atoms with E-state index in [1.807, 2.05) is 72.9 Å². The van der Waals surface area contributed by atoms with E-state index in [4.69, 9.17) is 14.2 Å². The largest absolute Gasteiger partial charge is 0.462 e. The maximum absolute atomic E-state index is 12.9. The number of hydrogen-bond acceptors (Lipinski definition) is 6. The van der Waals surface area contributed by atoms with Gasteiger partial charge in [-0.25, -0.2) is 0 Å². The van der Waals surface area contributed by atoms with E-state index in [-0.39, 0.29) is 31.1 Å². The van der Waals surface area contributed by atoms with Crippen LogP contribution in [0.25, 0.3) is 0 Å². The molecular weight excluding hydrogens is 877 g/mol. The van der Waals surface area contributed by atoms with Gasteiger partial charge in [0.25, 0.3) is 0 Å². The first-order valence-corrected chi connectivity index (χ1v) is 29.8. The second kappa shape index (κ2) is 58.9. The summed E-state index contributed by atoms with van der Waals surface area (Å²) in [5, 5.41) is 0. The monoisotopic (exact) mass is 987 g/mol. The average Bonchev–Trinajstić information content (AvgIpc) is 3.37. The van der Waals surface area contributed by atoms with Crippen LogP contribution in [-0.4, -0.2) is 37.2 Å². The molecule has 0 aromatic heterocycles. The molecule has 0 heterocycles. The van der Waals surface area contributed by atoms with Crippen molar-refractivity contribution in [2.24, 2.45) is 0 Å². The van der Waals surface area contributed by atoms with Crippen LogP contribution in [0.4, 0.5) is 0 Å². The van der Waals surface area contributed by atoms with E-state index in [1.54, 1.807) is 0 Å². The average molecular weight is 988 g/mol.